The molecule has 8 heteroatoms. The summed E-state index contributed by atoms with van der Waals surface area (Å²) < 4.78 is 51.6. The van der Waals surface area contributed by atoms with Crippen LogP contribution in [0.3, 0.4) is 0 Å². The molecule has 1 atom stereocenters. The lowest BCUT2D eigenvalue weighted by atomic mass is 10.0. The van der Waals surface area contributed by atoms with Crippen molar-refractivity contribution in [2.45, 2.75) is 38.5 Å². The fraction of sp³-hybridized carbons (Fsp3) is 0.280. The van der Waals surface area contributed by atoms with E-state index in [1.165, 1.54) is 23.1 Å². The fourth-order valence-electron chi connectivity index (χ4n) is 3.31. The van der Waals surface area contributed by atoms with Crippen LogP contribution in [-0.4, -0.2) is 22.5 Å². The highest BCUT2D eigenvalue weighted by Gasteiger charge is 2.31. The third kappa shape index (κ3) is 6.16. The van der Waals surface area contributed by atoms with Crippen molar-refractivity contribution in [1.29, 1.82) is 0 Å². The molecule has 0 aliphatic carbocycles. The first-order valence-electron chi connectivity index (χ1n) is 10.4. The first-order chi connectivity index (χ1) is 15.6. The van der Waals surface area contributed by atoms with Crippen molar-refractivity contribution < 1.29 is 27.5 Å². The predicted molar refractivity (Wildman–Crippen MR) is 117 cm³/mol. The van der Waals surface area contributed by atoms with Gasteiger partial charge in [0.1, 0.15) is 5.82 Å². The van der Waals surface area contributed by atoms with Gasteiger partial charge in [0, 0.05) is 30.5 Å². The predicted octanol–water partition coefficient (Wildman–Crippen LogP) is 5.67. The highest BCUT2D eigenvalue weighted by molar-refractivity contribution is 5.97. The van der Waals surface area contributed by atoms with Crippen LogP contribution in [0.1, 0.15) is 48.3 Å². The van der Waals surface area contributed by atoms with Gasteiger partial charge in [-0.2, -0.15) is 13.2 Å². The zero-order valence-electron chi connectivity index (χ0n) is 18.2. The number of hydrogen-bond acceptors (Lipinski definition) is 3. The van der Waals surface area contributed by atoms with Gasteiger partial charge in [-0.15, -0.1) is 0 Å². The van der Waals surface area contributed by atoms with E-state index >= 15 is 0 Å². The molecule has 0 fully saturated rings. The van der Waals surface area contributed by atoms with Crippen molar-refractivity contribution in [3.63, 3.8) is 0 Å². The van der Waals surface area contributed by atoms with Gasteiger partial charge in [-0.05, 0) is 53.4 Å². The number of pyridine rings is 1. The second kappa shape index (κ2) is 10.1. The van der Waals surface area contributed by atoms with E-state index in [1.54, 1.807) is 12.1 Å². The van der Waals surface area contributed by atoms with Crippen molar-refractivity contribution >= 4 is 11.6 Å². The minimum Gasteiger partial charge on any atom is -0.378 e. The van der Waals surface area contributed by atoms with Crippen LogP contribution >= 0.6 is 0 Å². The second-order valence-electron chi connectivity index (χ2n) is 7.98. The number of carbonyl (C=O) groups is 1. The van der Waals surface area contributed by atoms with E-state index in [1.807, 2.05) is 26.0 Å². The Bertz CT molecular complexity index is 1060. The highest BCUT2D eigenvalue weighted by atomic mass is 19.4. The first-order valence-corrected chi connectivity index (χ1v) is 10.4. The minimum atomic E-state index is -4.48. The summed E-state index contributed by atoms with van der Waals surface area (Å²) in [5, 5.41) is 10.6. The summed E-state index contributed by atoms with van der Waals surface area (Å²) in [5.41, 5.74) is 1.34. The Labute approximate surface area is 189 Å². The average molecular weight is 460 g/mol. The Morgan fingerprint density at radius 1 is 0.970 bits per heavy atom. The number of amides is 1. The molecule has 0 aliphatic heterocycles. The Morgan fingerprint density at radius 3 is 2.09 bits per heavy atom. The molecule has 0 unspecified atom stereocenters. The lowest BCUT2D eigenvalue weighted by molar-refractivity contribution is -0.137. The van der Waals surface area contributed by atoms with Gasteiger partial charge in [-0.25, -0.2) is 4.39 Å². The third-order valence-electron chi connectivity index (χ3n) is 5.30. The van der Waals surface area contributed by atoms with Crippen LogP contribution in [-0.2, 0) is 17.4 Å². The van der Waals surface area contributed by atoms with Crippen molar-refractivity contribution in [1.82, 2.24) is 4.98 Å². The van der Waals surface area contributed by atoms with E-state index in [2.05, 4.69) is 4.98 Å². The number of aliphatic hydroxyl groups excluding tert-OH is 1. The van der Waals surface area contributed by atoms with Gasteiger partial charge < -0.3 is 10.0 Å². The molecular weight excluding hydrogens is 436 g/mol. The molecule has 1 amide bonds. The van der Waals surface area contributed by atoms with Crippen molar-refractivity contribution in [3.05, 3.63) is 95.1 Å². The van der Waals surface area contributed by atoms with Crippen LogP contribution in [0.15, 0.2) is 66.9 Å². The van der Waals surface area contributed by atoms with Crippen LogP contribution in [0.4, 0.5) is 23.2 Å². The lowest BCUT2D eigenvalue weighted by Crippen LogP contribution is -2.37. The SMILES string of the molecule is CC(C)c1ccc(N(CCc2ccc(C(F)(F)F)cn2)C(=O)[C@H](O)c2ccc(F)cc2)cc1. The molecule has 33 heavy (non-hydrogen) atoms. The molecule has 0 aliphatic rings. The number of aliphatic hydroxyl groups is 1. The topological polar surface area (TPSA) is 53.4 Å². The summed E-state index contributed by atoms with van der Waals surface area (Å²) in [6.07, 6.45) is -5.08. The maximum absolute atomic E-state index is 13.2. The Morgan fingerprint density at radius 2 is 1.58 bits per heavy atom. The fourth-order valence-corrected chi connectivity index (χ4v) is 3.31. The quantitative estimate of drug-likeness (QED) is 0.462. The highest BCUT2D eigenvalue weighted by Crippen LogP contribution is 2.29. The first kappa shape index (κ1) is 24.4. The summed E-state index contributed by atoms with van der Waals surface area (Å²) >= 11 is 0. The summed E-state index contributed by atoms with van der Waals surface area (Å²) in [7, 11) is 0. The molecule has 0 spiro atoms. The normalized spacial score (nSPS) is 12.6. The van der Waals surface area contributed by atoms with E-state index in [-0.39, 0.29) is 24.4 Å². The summed E-state index contributed by atoms with van der Waals surface area (Å²) in [4.78, 5) is 18.4. The summed E-state index contributed by atoms with van der Waals surface area (Å²) in [6, 6.07) is 14.4. The largest absolute Gasteiger partial charge is 0.417 e. The molecule has 3 rings (SSSR count). The Balaban J connectivity index is 1.84. The van der Waals surface area contributed by atoms with Gasteiger partial charge in [0.05, 0.1) is 5.56 Å². The second-order valence-corrected chi connectivity index (χ2v) is 7.98. The van der Waals surface area contributed by atoms with Gasteiger partial charge in [-0.3, -0.25) is 9.78 Å². The number of alkyl halides is 3. The lowest BCUT2D eigenvalue weighted by Gasteiger charge is -2.26. The molecule has 4 nitrogen and oxygen atoms in total. The maximum Gasteiger partial charge on any atom is 0.417 e. The molecule has 1 N–H and O–H groups in total. The van der Waals surface area contributed by atoms with Gasteiger partial charge in [0.25, 0.3) is 5.91 Å². The van der Waals surface area contributed by atoms with Crippen molar-refractivity contribution in [2.24, 2.45) is 0 Å². The summed E-state index contributed by atoms with van der Waals surface area (Å²) in [6.45, 7) is 4.15. The number of anilines is 1. The van der Waals surface area contributed by atoms with E-state index in [0.717, 1.165) is 30.0 Å². The molecule has 2 aromatic carbocycles. The number of nitrogens with zero attached hydrogens (tertiary/aromatic N) is 2. The van der Waals surface area contributed by atoms with Crippen LogP contribution in [0.5, 0.6) is 0 Å². The van der Waals surface area contributed by atoms with Crippen molar-refractivity contribution in [2.75, 3.05) is 11.4 Å². The number of hydrogen-bond donors (Lipinski definition) is 1. The van der Waals surface area contributed by atoms with E-state index < -0.39 is 29.6 Å². The van der Waals surface area contributed by atoms with Crippen molar-refractivity contribution in [3.8, 4) is 0 Å². The molecular formula is C25H24F4N2O2. The average Bonchev–Trinajstić information content (AvgIpc) is 2.79. The Hall–Kier alpha value is -3.26. The maximum atomic E-state index is 13.2. The summed E-state index contributed by atoms with van der Waals surface area (Å²) in [5.74, 6) is -0.844. The number of rotatable bonds is 7. The van der Waals surface area contributed by atoms with Crippen LogP contribution in [0, 0.1) is 5.82 Å². The number of benzene rings is 2. The minimum absolute atomic E-state index is 0.0798. The Kier molecular flexibility index (Phi) is 7.48. The zero-order chi connectivity index (χ0) is 24.2. The molecule has 0 saturated carbocycles. The standard InChI is InChI=1S/C25H24F4N2O2/c1-16(2)17-5-11-22(12-6-17)31(24(33)23(32)18-3-8-20(26)9-4-18)14-13-21-10-7-19(15-30-21)25(27,28)29/h3-12,15-16,23,32H,13-14H2,1-2H3/t23-/m1/s1. The number of halogens is 4. The molecule has 0 radical (unpaired) electrons. The number of carbonyl (C=O) groups excluding carboxylic acids is 1. The van der Waals surface area contributed by atoms with Gasteiger partial charge >= 0.3 is 6.18 Å². The van der Waals surface area contributed by atoms with Gasteiger partial charge in [0.15, 0.2) is 6.10 Å². The smallest absolute Gasteiger partial charge is 0.378 e. The van der Waals surface area contributed by atoms with Crippen LogP contribution in [0.25, 0.3) is 0 Å². The van der Waals surface area contributed by atoms with Crippen LogP contribution < -0.4 is 4.90 Å². The van der Waals surface area contributed by atoms with E-state index in [9.17, 15) is 27.5 Å². The number of aromatic nitrogens is 1. The van der Waals surface area contributed by atoms with Gasteiger partial charge in [0.2, 0.25) is 0 Å². The molecule has 0 saturated heterocycles. The third-order valence-corrected chi connectivity index (χ3v) is 5.30. The zero-order valence-corrected chi connectivity index (χ0v) is 18.2. The van der Waals surface area contributed by atoms with Crippen LogP contribution in [0.2, 0.25) is 0 Å². The molecule has 174 valence electrons. The monoisotopic (exact) mass is 460 g/mol. The van der Waals surface area contributed by atoms with Gasteiger partial charge in [-0.1, -0.05) is 38.1 Å². The van der Waals surface area contributed by atoms with E-state index in [4.69, 9.17) is 0 Å². The molecule has 0 bridgehead atoms. The molecule has 1 heterocycles. The molecule has 3 aromatic rings. The van der Waals surface area contributed by atoms with E-state index in [0.29, 0.717) is 11.4 Å². The molecule has 1 aromatic heterocycles.